The van der Waals surface area contributed by atoms with Gasteiger partial charge in [0.15, 0.2) is 8.32 Å². The maximum Gasteiger partial charge on any atom is 2.00 e. The molecule has 0 bridgehead atoms. The second kappa shape index (κ2) is 8.69. The van der Waals surface area contributed by atoms with Gasteiger partial charge < -0.3 is 28.3 Å². The molecule has 1 nitrogen and oxygen atoms in total. The molecule has 0 saturated carbocycles. The topological polar surface area (TPSA) is 9.23 Å². The molecule has 86 valence electrons. The smallest absolute Gasteiger partial charge is 1.00 e. The predicted octanol–water partition coefficient (Wildman–Crippen LogP) is -0.649. The van der Waals surface area contributed by atoms with Crippen LogP contribution in [0.2, 0.25) is 12.6 Å². The van der Waals surface area contributed by atoms with Crippen LogP contribution in [0.15, 0.2) is 30.3 Å². The molecule has 1 unspecified atom stereocenters. The molecule has 0 spiro atoms. The van der Waals surface area contributed by atoms with Crippen LogP contribution < -0.4 is 22.2 Å². The van der Waals surface area contributed by atoms with Gasteiger partial charge in [-0.25, -0.2) is 0 Å². The standard InChI is InChI=1S/C12H19OSi.BrH.Mg/c1-5-14(4,13-11(2)3)12-9-7-6-8-10-12;;/h6-11H,1,5H2,2-4H3;1H;/q-1;;+2/p-1. The van der Waals surface area contributed by atoms with E-state index >= 15 is 0 Å². The number of hydrogen-bond donors (Lipinski definition) is 0. The summed E-state index contributed by atoms with van der Waals surface area (Å²) >= 11 is 0. The summed E-state index contributed by atoms with van der Waals surface area (Å²) in [5, 5.41) is 1.34. The fourth-order valence-corrected chi connectivity index (χ4v) is 4.06. The second-order valence-electron chi connectivity index (χ2n) is 4.01. The fourth-order valence-electron chi connectivity index (χ4n) is 1.58. The van der Waals surface area contributed by atoms with Gasteiger partial charge >= 0.3 is 23.1 Å². The molecule has 0 aliphatic heterocycles. The summed E-state index contributed by atoms with van der Waals surface area (Å²) in [7, 11) is -1.77. The van der Waals surface area contributed by atoms with Crippen LogP contribution in [-0.2, 0) is 4.43 Å². The van der Waals surface area contributed by atoms with Crippen LogP contribution in [-0.4, -0.2) is 37.5 Å². The zero-order chi connectivity index (χ0) is 10.6. The van der Waals surface area contributed by atoms with E-state index < -0.39 is 8.32 Å². The molecular weight excluding hydrogens is 292 g/mol. The van der Waals surface area contributed by atoms with Crippen molar-refractivity contribution in [2.75, 3.05) is 0 Å². The molecular formula is C12H19BrMgOSi. The van der Waals surface area contributed by atoms with E-state index in [4.69, 9.17) is 4.43 Å². The van der Waals surface area contributed by atoms with Crippen molar-refractivity contribution in [1.29, 1.82) is 0 Å². The van der Waals surface area contributed by atoms with Crippen LogP contribution in [0.1, 0.15) is 13.8 Å². The molecule has 0 heterocycles. The molecule has 4 heteroatoms. The molecule has 16 heavy (non-hydrogen) atoms. The normalized spacial score (nSPS) is 13.6. The quantitative estimate of drug-likeness (QED) is 0.530. The molecule has 0 radical (unpaired) electrons. The third-order valence-corrected chi connectivity index (χ3v) is 5.86. The predicted molar refractivity (Wildman–Crippen MR) is 69.8 cm³/mol. The van der Waals surface area contributed by atoms with Crippen molar-refractivity contribution in [3.63, 3.8) is 0 Å². The second-order valence-corrected chi connectivity index (χ2v) is 7.79. The molecule has 0 saturated heterocycles. The summed E-state index contributed by atoms with van der Waals surface area (Å²) in [5.41, 5.74) is 0. The van der Waals surface area contributed by atoms with Crippen LogP contribution in [0.5, 0.6) is 0 Å². The van der Waals surface area contributed by atoms with Gasteiger partial charge in [0.25, 0.3) is 0 Å². The Morgan fingerprint density at radius 1 is 1.25 bits per heavy atom. The SMILES string of the molecule is [Br-].[CH2-]C[Si](C)(OC(C)C)c1ccccc1.[Mg+2]. The number of hydrogen-bond acceptors (Lipinski definition) is 1. The van der Waals surface area contributed by atoms with Gasteiger partial charge in [-0.1, -0.05) is 30.3 Å². The Labute approximate surface area is 127 Å². The van der Waals surface area contributed by atoms with Gasteiger partial charge in [0.05, 0.1) is 0 Å². The number of benzene rings is 1. The van der Waals surface area contributed by atoms with Crippen LogP contribution in [0, 0.1) is 6.92 Å². The van der Waals surface area contributed by atoms with Gasteiger partial charge in [0, 0.05) is 6.10 Å². The first kappa shape index (κ1) is 19.0. The van der Waals surface area contributed by atoms with E-state index in [-0.39, 0.29) is 46.1 Å². The van der Waals surface area contributed by atoms with Crippen molar-refractivity contribution in [1.82, 2.24) is 0 Å². The molecule has 0 aliphatic rings. The van der Waals surface area contributed by atoms with E-state index in [1.165, 1.54) is 5.19 Å². The van der Waals surface area contributed by atoms with E-state index in [2.05, 4.69) is 51.6 Å². The van der Waals surface area contributed by atoms with Gasteiger partial charge in [0.1, 0.15) is 0 Å². The molecule has 0 amide bonds. The summed E-state index contributed by atoms with van der Waals surface area (Å²) < 4.78 is 6.05. The number of halogens is 1. The fraction of sp³-hybridized carbons (Fsp3) is 0.417. The minimum atomic E-state index is -1.77. The summed E-state index contributed by atoms with van der Waals surface area (Å²) in [6.07, 6.45) is 0.286. The maximum absolute atomic E-state index is 6.05. The number of rotatable bonds is 4. The van der Waals surface area contributed by atoms with E-state index in [1.807, 2.05) is 6.07 Å². The molecule has 1 rings (SSSR count). The summed E-state index contributed by atoms with van der Waals surface area (Å²) in [4.78, 5) is 0. The largest absolute Gasteiger partial charge is 2.00 e. The minimum Gasteiger partial charge on any atom is -1.00 e. The van der Waals surface area contributed by atoms with Crippen molar-refractivity contribution in [3.8, 4) is 0 Å². The van der Waals surface area contributed by atoms with Crippen LogP contribution in [0.3, 0.4) is 0 Å². The zero-order valence-corrected chi connectivity index (χ0v) is 14.4. The van der Waals surface area contributed by atoms with Gasteiger partial charge in [-0.3, -0.25) is 0 Å². The molecule has 0 fully saturated rings. The Hall–Kier alpha value is 0.643. The Balaban J connectivity index is 0. The van der Waals surface area contributed by atoms with Crippen LogP contribution in [0.4, 0.5) is 0 Å². The van der Waals surface area contributed by atoms with E-state index in [1.54, 1.807) is 0 Å². The van der Waals surface area contributed by atoms with E-state index in [0.29, 0.717) is 0 Å². The summed E-state index contributed by atoms with van der Waals surface area (Å²) in [6.45, 7) is 10.4. The zero-order valence-electron chi connectivity index (χ0n) is 10.4. The van der Waals surface area contributed by atoms with Crippen molar-refractivity contribution in [2.45, 2.75) is 32.5 Å². The van der Waals surface area contributed by atoms with Gasteiger partial charge in [0.2, 0.25) is 0 Å². The minimum absolute atomic E-state index is 0. The molecule has 1 aromatic rings. The Morgan fingerprint density at radius 3 is 2.12 bits per heavy atom. The summed E-state index contributed by atoms with van der Waals surface area (Å²) in [6, 6.07) is 11.4. The molecule has 0 N–H and O–H groups in total. The Morgan fingerprint density at radius 2 is 1.75 bits per heavy atom. The van der Waals surface area contributed by atoms with Gasteiger partial charge in [-0.2, -0.15) is 6.04 Å². The van der Waals surface area contributed by atoms with Crippen molar-refractivity contribution in [3.05, 3.63) is 37.3 Å². The first-order chi connectivity index (χ1) is 6.58. The van der Waals surface area contributed by atoms with Gasteiger partial charge in [-0.05, 0) is 25.6 Å². The monoisotopic (exact) mass is 310 g/mol. The maximum atomic E-state index is 6.05. The Bertz CT molecular complexity index is 282. The molecule has 1 atom stereocenters. The third-order valence-electron chi connectivity index (χ3n) is 2.36. The molecule has 1 aromatic carbocycles. The first-order valence-electron chi connectivity index (χ1n) is 5.11. The average molecular weight is 312 g/mol. The summed E-state index contributed by atoms with van der Waals surface area (Å²) in [5.74, 6) is 0. The molecule has 0 aromatic heterocycles. The van der Waals surface area contributed by atoms with Crippen molar-refractivity contribution >= 4 is 36.6 Å². The Kier molecular flexibility index (Phi) is 10.3. The first-order valence-corrected chi connectivity index (χ1v) is 7.72. The van der Waals surface area contributed by atoms with E-state index in [9.17, 15) is 0 Å². The van der Waals surface area contributed by atoms with Crippen LogP contribution in [0.25, 0.3) is 0 Å². The van der Waals surface area contributed by atoms with Crippen molar-refractivity contribution in [2.24, 2.45) is 0 Å². The van der Waals surface area contributed by atoms with E-state index in [0.717, 1.165) is 6.04 Å². The van der Waals surface area contributed by atoms with Gasteiger partial charge in [-0.15, -0.1) is 0 Å². The molecule has 0 aliphatic carbocycles. The third kappa shape index (κ3) is 5.32. The van der Waals surface area contributed by atoms with Crippen LogP contribution >= 0.6 is 0 Å². The average Bonchev–Trinajstić information content (AvgIpc) is 2.18. The van der Waals surface area contributed by atoms with Crippen molar-refractivity contribution < 1.29 is 21.4 Å².